The zero-order chi connectivity index (χ0) is 38.8. The minimum Gasteiger partial charge on any atom is -0.394 e. The zero-order valence-electron chi connectivity index (χ0n) is 32.7. The first-order valence-electron chi connectivity index (χ1n) is 20.3. The third kappa shape index (κ3) is 25.1. The van der Waals surface area contributed by atoms with Crippen LogP contribution in [0, 0.1) is 0 Å². The topological polar surface area (TPSA) is 149 Å². The first-order chi connectivity index (χ1) is 25.8. The number of unbranched alkanes of at least 4 members (excludes halogenated alkanes) is 7. The van der Waals surface area contributed by atoms with Crippen LogP contribution < -0.4 is 5.32 Å². The highest BCUT2D eigenvalue weighted by atomic mass is 16.7. The average molecular weight is 744 g/mol. The molecule has 7 unspecified atom stereocenters. The second kappa shape index (κ2) is 33.9. The number of allylic oxidation sites excluding steroid dienone is 14. The van der Waals surface area contributed by atoms with Gasteiger partial charge in [-0.25, -0.2) is 0 Å². The van der Waals surface area contributed by atoms with Gasteiger partial charge in [-0.05, 0) is 70.6 Å². The smallest absolute Gasteiger partial charge is 0.220 e. The third-order valence-electron chi connectivity index (χ3n) is 9.01. The lowest BCUT2D eigenvalue weighted by Gasteiger charge is -2.40. The van der Waals surface area contributed by atoms with Crippen molar-refractivity contribution in [2.24, 2.45) is 0 Å². The van der Waals surface area contributed by atoms with Crippen LogP contribution in [0.15, 0.2) is 85.1 Å². The Morgan fingerprint density at radius 2 is 1.17 bits per heavy atom. The summed E-state index contributed by atoms with van der Waals surface area (Å²) in [5.74, 6) is -0.189. The van der Waals surface area contributed by atoms with E-state index in [-0.39, 0.29) is 12.5 Å². The maximum Gasteiger partial charge on any atom is 0.220 e. The summed E-state index contributed by atoms with van der Waals surface area (Å²) in [6.45, 7) is 3.57. The van der Waals surface area contributed by atoms with E-state index >= 15 is 0 Å². The fourth-order valence-electron chi connectivity index (χ4n) is 5.72. The lowest BCUT2D eigenvalue weighted by atomic mass is 9.99. The van der Waals surface area contributed by atoms with Crippen molar-refractivity contribution in [3.05, 3.63) is 85.1 Å². The van der Waals surface area contributed by atoms with Gasteiger partial charge in [0.05, 0.1) is 25.4 Å². The number of hydrogen-bond donors (Lipinski definition) is 6. The van der Waals surface area contributed by atoms with Gasteiger partial charge in [-0.3, -0.25) is 4.79 Å². The molecule has 1 fully saturated rings. The van der Waals surface area contributed by atoms with Crippen LogP contribution in [0.25, 0.3) is 0 Å². The molecular formula is C44H73NO8. The first kappa shape index (κ1) is 48.4. The number of carbonyl (C=O) groups is 1. The van der Waals surface area contributed by atoms with E-state index in [0.29, 0.717) is 12.8 Å². The van der Waals surface area contributed by atoms with Crippen molar-refractivity contribution in [1.29, 1.82) is 0 Å². The molecule has 0 radical (unpaired) electrons. The number of carbonyl (C=O) groups excluding carboxylic acids is 1. The quantitative estimate of drug-likeness (QED) is 0.0314. The molecule has 0 aromatic carbocycles. The average Bonchev–Trinajstić information content (AvgIpc) is 3.16. The molecule has 0 bridgehead atoms. The zero-order valence-corrected chi connectivity index (χ0v) is 32.7. The summed E-state index contributed by atoms with van der Waals surface area (Å²) in [5.41, 5.74) is 0. The van der Waals surface area contributed by atoms with Crippen LogP contribution in [0.3, 0.4) is 0 Å². The molecule has 6 N–H and O–H groups in total. The molecule has 0 aliphatic carbocycles. The first-order valence-corrected chi connectivity index (χ1v) is 20.3. The maximum atomic E-state index is 12.8. The van der Waals surface area contributed by atoms with E-state index in [9.17, 15) is 30.3 Å². The summed E-state index contributed by atoms with van der Waals surface area (Å²) in [4.78, 5) is 12.8. The van der Waals surface area contributed by atoms with Gasteiger partial charge in [0.15, 0.2) is 6.29 Å². The van der Waals surface area contributed by atoms with E-state index in [4.69, 9.17) is 9.47 Å². The summed E-state index contributed by atoms with van der Waals surface area (Å²) in [6, 6.07) is -0.738. The van der Waals surface area contributed by atoms with Crippen LogP contribution in [-0.4, -0.2) is 87.5 Å². The third-order valence-corrected chi connectivity index (χ3v) is 9.01. The molecule has 1 amide bonds. The largest absolute Gasteiger partial charge is 0.394 e. The van der Waals surface area contributed by atoms with Gasteiger partial charge in [0, 0.05) is 6.42 Å². The molecular weight excluding hydrogens is 670 g/mol. The number of hydrogen-bond acceptors (Lipinski definition) is 8. The molecule has 7 atom stereocenters. The predicted octanol–water partition coefficient (Wildman–Crippen LogP) is 7.60. The van der Waals surface area contributed by atoms with Gasteiger partial charge < -0.3 is 40.3 Å². The van der Waals surface area contributed by atoms with Gasteiger partial charge in [0.1, 0.15) is 24.4 Å². The molecule has 0 aromatic rings. The highest BCUT2D eigenvalue weighted by Crippen LogP contribution is 2.22. The lowest BCUT2D eigenvalue weighted by molar-refractivity contribution is -0.302. The lowest BCUT2D eigenvalue weighted by Crippen LogP contribution is -2.60. The maximum absolute atomic E-state index is 12.8. The van der Waals surface area contributed by atoms with Gasteiger partial charge in [0.2, 0.25) is 5.91 Å². The fourth-order valence-corrected chi connectivity index (χ4v) is 5.72. The second-order valence-electron chi connectivity index (χ2n) is 13.7. The Hall–Kier alpha value is -2.63. The molecule has 1 saturated heterocycles. The van der Waals surface area contributed by atoms with Gasteiger partial charge in [-0.2, -0.15) is 0 Å². The minimum absolute atomic E-state index is 0.161. The molecule has 1 rings (SSSR count). The SMILES string of the molecule is CC/C=C\C/C=C\C/C=C\C/C=C\C/C=C\C/C=C\C/C=C\CCCCCC(=O)NC(COC1OC(CO)C(O)C(O)C1O)C(O)CCCCCCC. The standard InChI is InChI=1S/C44H73NO8/c1-3-5-7-9-10-11-12-13-14-15-16-17-18-19-20-21-22-23-24-25-26-27-28-30-32-34-40(48)45-37(38(47)33-31-29-8-6-4-2)36-52-44-43(51)42(50)41(49)39(35-46)53-44/h5,7,10-11,13-14,16-17,19-20,22-23,25-26,37-39,41-44,46-47,49-51H,3-4,6,8-9,12,15,18,21,24,27-36H2,1-2H3,(H,45,48)/b7-5-,11-10-,14-13-,17-16-,20-19-,23-22-,26-25-. The Labute approximate surface area is 321 Å². The Bertz CT molecular complexity index is 1090. The van der Waals surface area contributed by atoms with Crippen LogP contribution in [0.1, 0.15) is 129 Å². The number of aliphatic hydroxyl groups excluding tert-OH is 5. The molecule has 302 valence electrons. The Kier molecular flexibility index (Phi) is 31.0. The van der Waals surface area contributed by atoms with Crippen molar-refractivity contribution in [1.82, 2.24) is 5.32 Å². The Morgan fingerprint density at radius 3 is 1.70 bits per heavy atom. The highest BCUT2D eigenvalue weighted by Gasteiger charge is 2.44. The van der Waals surface area contributed by atoms with Gasteiger partial charge in [-0.15, -0.1) is 0 Å². The van der Waals surface area contributed by atoms with Gasteiger partial charge in [-0.1, -0.05) is 137 Å². The molecule has 9 nitrogen and oxygen atoms in total. The summed E-state index contributed by atoms with van der Waals surface area (Å²) in [5, 5.41) is 53.7. The molecule has 0 saturated carbocycles. The molecule has 1 aliphatic rings. The van der Waals surface area contributed by atoms with Crippen molar-refractivity contribution in [2.75, 3.05) is 13.2 Å². The summed E-state index contributed by atoms with van der Waals surface area (Å²) in [6.07, 6.45) is 39.2. The van der Waals surface area contributed by atoms with Crippen molar-refractivity contribution in [3.63, 3.8) is 0 Å². The summed E-state index contributed by atoms with van der Waals surface area (Å²) in [7, 11) is 0. The number of rotatable bonds is 31. The summed E-state index contributed by atoms with van der Waals surface area (Å²) >= 11 is 0. The fraction of sp³-hybridized carbons (Fsp3) is 0.659. The normalized spacial score (nSPS) is 22.6. The van der Waals surface area contributed by atoms with Crippen LogP contribution in [-0.2, 0) is 14.3 Å². The Morgan fingerprint density at radius 1 is 0.660 bits per heavy atom. The predicted molar refractivity (Wildman–Crippen MR) is 216 cm³/mol. The summed E-state index contributed by atoms with van der Waals surface area (Å²) < 4.78 is 11.1. The molecule has 9 heteroatoms. The number of aliphatic hydroxyl groups is 5. The number of nitrogens with one attached hydrogen (secondary N) is 1. The minimum atomic E-state index is -1.56. The van der Waals surface area contributed by atoms with Crippen molar-refractivity contribution in [2.45, 2.75) is 172 Å². The van der Waals surface area contributed by atoms with Crippen molar-refractivity contribution >= 4 is 5.91 Å². The highest BCUT2D eigenvalue weighted by molar-refractivity contribution is 5.76. The van der Waals surface area contributed by atoms with E-state index in [1.165, 1.54) is 0 Å². The van der Waals surface area contributed by atoms with Crippen LogP contribution in [0.5, 0.6) is 0 Å². The molecule has 1 heterocycles. The molecule has 53 heavy (non-hydrogen) atoms. The van der Waals surface area contributed by atoms with Crippen LogP contribution in [0.4, 0.5) is 0 Å². The van der Waals surface area contributed by atoms with E-state index < -0.39 is 49.5 Å². The van der Waals surface area contributed by atoms with E-state index in [2.05, 4.69) is 104 Å². The van der Waals surface area contributed by atoms with Gasteiger partial charge in [0.25, 0.3) is 0 Å². The molecule has 0 aromatic heterocycles. The van der Waals surface area contributed by atoms with Crippen molar-refractivity contribution in [3.8, 4) is 0 Å². The molecule has 1 aliphatic heterocycles. The number of ether oxygens (including phenoxy) is 2. The van der Waals surface area contributed by atoms with E-state index in [0.717, 1.165) is 103 Å². The molecule has 0 spiro atoms. The Balaban J connectivity index is 2.27. The second-order valence-corrected chi connectivity index (χ2v) is 13.7. The monoisotopic (exact) mass is 744 g/mol. The van der Waals surface area contributed by atoms with E-state index in [1.54, 1.807) is 0 Å². The van der Waals surface area contributed by atoms with Gasteiger partial charge >= 0.3 is 0 Å². The number of amides is 1. The van der Waals surface area contributed by atoms with Crippen LogP contribution >= 0.6 is 0 Å². The van der Waals surface area contributed by atoms with E-state index in [1.807, 2.05) is 0 Å². The van der Waals surface area contributed by atoms with Crippen LogP contribution in [0.2, 0.25) is 0 Å². The van der Waals surface area contributed by atoms with Crippen molar-refractivity contribution < 1.29 is 39.8 Å².